The number of thiazole rings is 1. The zero-order valence-corrected chi connectivity index (χ0v) is 15.0. The first-order chi connectivity index (χ1) is 8.60. The number of rotatable bonds is 5. The van der Waals surface area contributed by atoms with E-state index in [4.69, 9.17) is 0 Å². The molecule has 2 nitrogen and oxygen atoms in total. The van der Waals surface area contributed by atoms with Crippen LogP contribution < -0.4 is 5.32 Å². The molecule has 2 aromatic heterocycles. The smallest absolute Gasteiger partial charge is 0.109 e. The summed E-state index contributed by atoms with van der Waals surface area (Å²) in [4.78, 5) is 7.12. The quantitative estimate of drug-likeness (QED) is 0.738. The Labute approximate surface area is 132 Å². The summed E-state index contributed by atoms with van der Waals surface area (Å²) in [5, 5.41) is 4.68. The van der Waals surface area contributed by atoms with Gasteiger partial charge in [0, 0.05) is 27.0 Å². The molecule has 1 N–H and O–H groups in total. The summed E-state index contributed by atoms with van der Waals surface area (Å²) >= 11 is 10.6. The average Bonchev–Trinajstić information content (AvgIpc) is 2.94. The Morgan fingerprint density at radius 1 is 1.33 bits per heavy atom. The van der Waals surface area contributed by atoms with E-state index in [-0.39, 0.29) is 0 Å². The molecule has 0 amide bonds. The molecular weight excluding hydrogens is 396 g/mol. The van der Waals surface area contributed by atoms with Gasteiger partial charge in [0.15, 0.2) is 0 Å². The van der Waals surface area contributed by atoms with Gasteiger partial charge in [-0.25, -0.2) is 4.98 Å². The van der Waals surface area contributed by atoms with E-state index in [0.717, 1.165) is 21.2 Å². The predicted molar refractivity (Wildman–Crippen MR) is 86.5 cm³/mol. The second-order valence-corrected chi connectivity index (χ2v) is 8.41. The molecule has 6 heteroatoms. The lowest BCUT2D eigenvalue weighted by Gasteiger charge is -2.09. The van der Waals surface area contributed by atoms with Crippen molar-refractivity contribution in [3.05, 3.63) is 35.3 Å². The fourth-order valence-corrected chi connectivity index (χ4v) is 4.52. The minimum absolute atomic E-state index is 0.301. The number of thiophene rings is 1. The Hall–Kier alpha value is 0.250. The molecule has 2 heterocycles. The second kappa shape index (κ2) is 6.61. The number of hydrogen-bond acceptors (Lipinski definition) is 4. The third-order valence-electron chi connectivity index (χ3n) is 2.57. The van der Waals surface area contributed by atoms with Crippen molar-refractivity contribution in [2.75, 3.05) is 0 Å². The lowest BCUT2D eigenvalue weighted by molar-refractivity contribution is 0.576. The molecule has 2 aromatic rings. The molecule has 1 atom stereocenters. The summed E-state index contributed by atoms with van der Waals surface area (Å²) in [7, 11) is 0. The van der Waals surface area contributed by atoms with Crippen LogP contribution in [0.2, 0.25) is 0 Å². The SMILES string of the molecule is CCc1cnc(C(C)NCc2cc(Br)c(Br)s2)s1. The van der Waals surface area contributed by atoms with Gasteiger partial charge in [-0.15, -0.1) is 22.7 Å². The molecule has 0 fully saturated rings. The van der Waals surface area contributed by atoms with Crippen molar-refractivity contribution in [2.45, 2.75) is 32.9 Å². The third kappa shape index (κ3) is 3.63. The van der Waals surface area contributed by atoms with Crippen molar-refractivity contribution < 1.29 is 0 Å². The van der Waals surface area contributed by atoms with E-state index in [1.807, 2.05) is 6.20 Å². The van der Waals surface area contributed by atoms with Crippen LogP contribution in [-0.4, -0.2) is 4.98 Å². The van der Waals surface area contributed by atoms with Gasteiger partial charge < -0.3 is 5.32 Å². The van der Waals surface area contributed by atoms with Crippen LogP contribution in [0.3, 0.4) is 0 Å². The molecule has 0 bridgehead atoms. The topological polar surface area (TPSA) is 24.9 Å². The molecule has 0 saturated heterocycles. The van der Waals surface area contributed by atoms with E-state index in [1.165, 1.54) is 14.8 Å². The first-order valence-corrected chi connectivity index (χ1v) is 8.93. The Balaban J connectivity index is 1.93. The van der Waals surface area contributed by atoms with Crippen LogP contribution in [0.25, 0.3) is 0 Å². The van der Waals surface area contributed by atoms with E-state index >= 15 is 0 Å². The summed E-state index contributed by atoms with van der Waals surface area (Å²) in [5.74, 6) is 0. The molecule has 0 aliphatic carbocycles. The number of halogens is 2. The number of hydrogen-bond donors (Lipinski definition) is 1. The lowest BCUT2D eigenvalue weighted by Crippen LogP contribution is -2.17. The maximum absolute atomic E-state index is 4.46. The molecule has 0 aliphatic heterocycles. The highest BCUT2D eigenvalue weighted by Gasteiger charge is 2.11. The molecule has 98 valence electrons. The zero-order chi connectivity index (χ0) is 13.1. The molecule has 1 unspecified atom stereocenters. The molecule has 0 saturated carbocycles. The molecular formula is C12H14Br2N2S2. The highest BCUT2D eigenvalue weighted by atomic mass is 79.9. The van der Waals surface area contributed by atoms with Gasteiger partial charge in [0.25, 0.3) is 0 Å². The van der Waals surface area contributed by atoms with Gasteiger partial charge in [0.2, 0.25) is 0 Å². The summed E-state index contributed by atoms with van der Waals surface area (Å²) in [6.45, 7) is 5.20. The number of aromatic nitrogens is 1. The first-order valence-electron chi connectivity index (χ1n) is 5.71. The van der Waals surface area contributed by atoms with Gasteiger partial charge in [-0.1, -0.05) is 6.92 Å². The molecule has 0 aliphatic rings. The first kappa shape index (κ1) is 14.7. The molecule has 0 aromatic carbocycles. The van der Waals surface area contributed by atoms with Crippen molar-refractivity contribution in [3.63, 3.8) is 0 Å². The van der Waals surface area contributed by atoms with E-state index < -0.39 is 0 Å². The van der Waals surface area contributed by atoms with Crippen LogP contribution in [0, 0.1) is 0 Å². The zero-order valence-electron chi connectivity index (χ0n) is 10.2. The standard InChI is InChI=1S/C12H14Br2N2S2/c1-3-8-5-16-12(18-8)7(2)15-6-9-4-10(13)11(14)17-9/h4-5,7,15H,3,6H2,1-2H3. The Bertz CT molecular complexity index is 502. The third-order valence-corrected chi connectivity index (χ3v) is 7.15. The molecule has 18 heavy (non-hydrogen) atoms. The molecule has 0 spiro atoms. The molecule has 0 radical (unpaired) electrons. The van der Waals surface area contributed by atoms with Gasteiger partial charge in [0.1, 0.15) is 5.01 Å². The summed E-state index contributed by atoms with van der Waals surface area (Å²) in [5.41, 5.74) is 0. The number of aryl methyl sites for hydroxylation is 1. The summed E-state index contributed by atoms with van der Waals surface area (Å²) in [6.07, 6.45) is 3.05. The van der Waals surface area contributed by atoms with Crippen LogP contribution in [0.4, 0.5) is 0 Å². The van der Waals surface area contributed by atoms with Crippen LogP contribution in [0.15, 0.2) is 20.5 Å². The number of nitrogens with zero attached hydrogens (tertiary/aromatic N) is 1. The fourth-order valence-electron chi connectivity index (χ4n) is 1.51. The van der Waals surface area contributed by atoms with Crippen LogP contribution in [0.1, 0.15) is 34.7 Å². The maximum atomic E-state index is 4.46. The van der Waals surface area contributed by atoms with E-state index in [2.05, 4.69) is 62.1 Å². The predicted octanol–water partition coefficient (Wildman–Crippen LogP) is 5.14. The normalized spacial score (nSPS) is 12.9. The van der Waals surface area contributed by atoms with Crippen molar-refractivity contribution >= 4 is 54.5 Å². The van der Waals surface area contributed by atoms with E-state index in [0.29, 0.717) is 6.04 Å². The number of nitrogens with one attached hydrogen (secondary N) is 1. The van der Waals surface area contributed by atoms with Crippen LogP contribution in [0.5, 0.6) is 0 Å². The Morgan fingerprint density at radius 2 is 2.11 bits per heavy atom. The Morgan fingerprint density at radius 3 is 2.67 bits per heavy atom. The van der Waals surface area contributed by atoms with Gasteiger partial charge in [0.05, 0.1) is 9.83 Å². The highest BCUT2D eigenvalue weighted by Crippen LogP contribution is 2.32. The van der Waals surface area contributed by atoms with Crippen molar-refractivity contribution in [3.8, 4) is 0 Å². The minimum Gasteiger partial charge on any atom is -0.303 e. The van der Waals surface area contributed by atoms with Crippen molar-refractivity contribution in [1.82, 2.24) is 10.3 Å². The van der Waals surface area contributed by atoms with Gasteiger partial charge in [-0.3, -0.25) is 0 Å². The lowest BCUT2D eigenvalue weighted by atomic mass is 10.3. The summed E-state index contributed by atoms with van der Waals surface area (Å²) in [6, 6.07) is 2.45. The van der Waals surface area contributed by atoms with Crippen LogP contribution >= 0.6 is 54.5 Å². The summed E-state index contributed by atoms with van der Waals surface area (Å²) < 4.78 is 2.27. The van der Waals surface area contributed by atoms with Crippen molar-refractivity contribution in [1.29, 1.82) is 0 Å². The Kier molecular flexibility index (Phi) is 5.38. The highest BCUT2D eigenvalue weighted by molar-refractivity contribution is 9.13. The second-order valence-electron chi connectivity index (χ2n) is 3.96. The van der Waals surface area contributed by atoms with Gasteiger partial charge in [-0.2, -0.15) is 0 Å². The van der Waals surface area contributed by atoms with Crippen LogP contribution in [-0.2, 0) is 13.0 Å². The minimum atomic E-state index is 0.301. The van der Waals surface area contributed by atoms with Gasteiger partial charge in [-0.05, 0) is 51.3 Å². The van der Waals surface area contributed by atoms with E-state index in [1.54, 1.807) is 22.7 Å². The van der Waals surface area contributed by atoms with E-state index in [9.17, 15) is 0 Å². The largest absolute Gasteiger partial charge is 0.303 e. The monoisotopic (exact) mass is 408 g/mol. The maximum Gasteiger partial charge on any atom is 0.109 e. The average molecular weight is 410 g/mol. The fraction of sp³-hybridized carbons (Fsp3) is 0.417. The van der Waals surface area contributed by atoms with Crippen molar-refractivity contribution in [2.24, 2.45) is 0 Å². The van der Waals surface area contributed by atoms with Gasteiger partial charge >= 0.3 is 0 Å². The molecule has 2 rings (SSSR count).